The van der Waals surface area contributed by atoms with Gasteiger partial charge in [-0.25, -0.2) is 0 Å². The minimum Gasteiger partial charge on any atom is -0.398 e. The van der Waals surface area contributed by atoms with Crippen LogP contribution in [0.3, 0.4) is 0 Å². The van der Waals surface area contributed by atoms with Crippen molar-refractivity contribution in [2.24, 2.45) is 5.73 Å². The molecule has 2 rings (SSSR count). The van der Waals surface area contributed by atoms with Crippen LogP contribution < -0.4 is 11.5 Å². The highest BCUT2D eigenvalue weighted by Crippen LogP contribution is 2.30. The molecule has 0 radical (unpaired) electrons. The number of anilines is 1. The highest BCUT2D eigenvalue weighted by Gasteiger charge is 2.14. The number of nitrogen functional groups attached to an aromatic ring is 1. The molecule has 0 amide bonds. The lowest BCUT2D eigenvalue weighted by Crippen LogP contribution is -2.15. The number of fused-ring (bicyclic) bond motifs is 1. The van der Waals surface area contributed by atoms with Crippen LogP contribution in [0, 0.1) is 0 Å². The molecule has 0 aromatic heterocycles. The fourth-order valence-corrected chi connectivity index (χ4v) is 1.63. The van der Waals surface area contributed by atoms with Crippen molar-refractivity contribution < 1.29 is 0 Å². The molecule has 1 unspecified atom stereocenters. The summed E-state index contributed by atoms with van der Waals surface area (Å²) in [6.45, 7) is 0. The molecule has 0 heterocycles. The Morgan fingerprint density at radius 1 is 1.33 bits per heavy atom. The van der Waals surface area contributed by atoms with Gasteiger partial charge in [-0.2, -0.15) is 0 Å². The van der Waals surface area contributed by atoms with Crippen LogP contribution in [-0.2, 0) is 0 Å². The van der Waals surface area contributed by atoms with Gasteiger partial charge >= 0.3 is 0 Å². The van der Waals surface area contributed by atoms with E-state index in [1.807, 2.05) is 18.2 Å². The molecule has 0 bridgehead atoms. The second kappa shape index (κ2) is 2.64. The van der Waals surface area contributed by atoms with Crippen molar-refractivity contribution in [3.05, 3.63) is 35.4 Å². The molecule has 1 aromatic carbocycles. The molecule has 1 aliphatic carbocycles. The van der Waals surface area contributed by atoms with Crippen molar-refractivity contribution in [3.8, 4) is 0 Å². The van der Waals surface area contributed by atoms with Crippen LogP contribution in [0.2, 0.25) is 0 Å². The van der Waals surface area contributed by atoms with Crippen molar-refractivity contribution in [2.75, 3.05) is 5.73 Å². The Bertz CT molecular complexity index is 329. The molecular formula is C10H12N2. The Morgan fingerprint density at radius 3 is 2.92 bits per heavy atom. The summed E-state index contributed by atoms with van der Waals surface area (Å²) >= 11 is 0. The third-order valence-corrected chi connectivity index (χ3v) is 2.23. The van der Waals surface area contributed by atoms with Crippen LogP contribution >= 0.6 is 0 Å². The molecule has 0 spiro atoms. The molecular weight excluding hydrogens is 148 g/mol. The van der Waals surface area contributed by atoms with E-state index in [0.29, 0.717) is 0 Å². The minimum atomic E-state index is 0.0752. The van der Waals surface area contributed by atoms with E-state index < -0.39 is 0 Å². The summed E-state index contributed by atoms with van der Waals surface area (Å²) in [6.07, 6.45) is 5.06. The van der Waals surface area contributed by atoms with E-state index in [0.717, 1.165) is 23.2 Å². The number of hydrogen-bond acceptors (Lipinski definition) is 2. The van der Waals surface area contributed by atoms with Crippen LogP contribution in [0.15, 0.2) is 24.3 Å². The zero-order valence-corrected chi connectivity index (χ0v) is 6.83. The molecule has 1 aliphatic rings. The molecule has 0 fully saturated rings. The summed E-state index contributed by atoms with van der Waals surface area (Å²) in [7, 11) is 0. The smallest absolute Gasteiger partial charge is 0.0368 e. The van der Waals surface area contributed by atoms with Crippen LogP contribution in [0.25, 0.3) is 6.08 Å². The van der Waals surface area contributed by atoms with Gasteiger partial charge in [-0.15, -0.1) is 0 Å². The molecule has 62 valence electrons. The van der Waals surface area contributed by atoms with Gasteiger partial charge in [0, 0.05) is 11.7 Å². The lowest BCUT2D eigenvalue weighted by molar-refractivity contribution is 0.735. The first kappa shape index (κ1) is 7.37. The molecule has 0 saturated heterocycles. The van der Waals surface area contributed by atoms with E-state index in [4.69, 9.17) is 11.5 Å². The van der Waals surface area contributed by atoms with Gasteiger partial charge < -0.3 is 11.5 Å². The lowest BCUT2D eigenvalue weighted by atomic mass is 9.92. The first-order valence-corrected chi connectivity index (χ1v) is 4.09. The molecule has 2 heteroatoms. The zero-order valence-electron chi connectivity index (χ0n) is 6.83. The fourth-order valence-electron chi connectivity index (χ4n) is 1.63. The summed E-state index contributed by atoms with van der Waals surface area (Å²) in [5, 5.41) is 0. The van der Waals surface area contributed by atoms with Crippen molar-refractivity contribution in [1.82, 2.24) is 0 Å². The summed E-state index contributed by atoms with van der Waals surface area (Å²) in [4.78, 5) is 0. The normalized spacial score (nSPS) is 20.6. The van der Waals surface area contributed by atoms with Crippen LogP contribution in [0.1, 0.15) is 23.6 Å². The number of benzene rings is 1. The average molecular weight is 160 g/mol. The third kappa shape index (κ3) is 1.01. The maximum Gasteiger partial charge on any atom is 0.0368 e. The van der Waals surface area contributed by atoms with Gasteiger partial charge in [0.15, 0.2) is 0 Å². The van der Waals surface area contributed by atoms with E-state index in [-0.39, 0.29) is 6.04 Å². The second-order valence-corrected chi connectivity index (χ2v) is 3.09. The predicted octanol–water partition coefficient (Wildman–Crippen LogP) is 1.69. The van der Waals surface area contributed by atoms with E-state index in [9.17, 15) is 0 Å². The van der Waals surface area contributed by atoms with Crippen LogP contribution in [0.4, 0.5) is 5.69 Å². The van der Waals surface area contributed by atoms with Crippen LogP contribution in [-0.4, -0.2) is 0 Å². The summed E-state index contributed by atoms with van der Waals surface area (Å²) in [5.74, 6) is 0. The van der Waals surface area contributed by atoms with Crippen molar-refractivity contribution in [2.45, 2.75) is 12.5 Å². The Balaban J connectivity index is 2.62. The van der Waals surface area contributed by atoms with Crippen molar-refractivity contribution in [3.63, 3.8) is 0 Å². The largest absolute Gasteiger partial charge is 0.398 e. The highest BCUT2D eigenvalue weighted by atomic mass is 14.7. The molecule has 12 heavy (non-hydrogen) atoms. The second-order valence-electron chi connectivity index (χ2n) is 3.09. The van der Waals surface area contributed by atoms with Gasteiger partial charge in [-0.1, -0.05) is 24.3 Å². The first-order chi connectivity index (χ1) is 5.79. The summed E-state index contributed by atoms with van der Waals surface area (Å²) in [6, 6.07) is 5.97. The SMILES string of the molecule is Nc1cccc2c1C(N)CC=C2. The van der Waals surface area contributed by atoms with E-state index in [1.165, 1.54) is 0 Å². The van der Waals surface area contributed by atoms with Gasteiger partial charge in [0.25, 0.3) is 0 Å². The number of nitrogens with two attached hydrogens (primary N) is 2. The zero-order chi connectivity index (χ0) is 8.55. The van der Waals surface area contributed by atoms with Gasteiger partial charge in [-0.05, 0) is 23.6 Å². The van der Waals surface area contributed by atoms with E-state index in [1.54, 1.807) is 0 Å². The van der Waals surface area contributed by atoms with Gasteiger partial charge in [-0.3, -0.25) is 0 Å². The average Bonchev–Trinajstić information content (AvgIpc) is 2.04. The highest BCUT2D eigenvalue weighted by molar-refractivity contribution is 5.65. The maximum atomic E-state index is 5.92. The Labute approximate surface area is 71.9 Å². The monoisotopic (exact) mass is 160 g/mol. The van der Waals surface area contributed by atoms with Gasteiger partial charge in [0.1, 0.15) is 0 Å². The molecule has 1 aromatic rings. The summed E-state index contributed by atoms with van der Waals surface area (Å²) < 4.78 is 0. The standard InChI is InChI=1S/C10H12N2/c11-8-5-1-3-7-4-2-6-9(12)10(7)8/h1-5,9H,6,11-12H2. The minimum absolute atomic E-state index is 0.0752. The molecule has 0 aliphatic heterocycles. The molecule has 0 saturated carbocycles. The molecule has 4 N–H and O–H groups in total. The van der Waals surface area contributed by atoms with Crippen molar-refractivity contribution >= 4 is 11.8 Å². The number of hydrogen-bond donors (Lipinski definition) is 2. The Morgan fingerprint density at radius 2 is 2.17 bits per heavy atom. The van der Waals surface area contributed by atoms with Gasteiger partial charge in [0.05, 0.1) is 0 Å². The predicted molar refractivity (Wildman–Crippen MR) is 51.4 cm³/mol. The van der Waals surface area contributed by atoms with Gasteiger partial charge in [0.2, 0.25) is 0 Å². The Kier molecular flexibility index (Phi) is 1.62. The van der Waals surface area contributed by atoms with Crippen molar-refractivity contribution in [1.29, 1.82) is 0 Å². The maximum absolute atomic E-state index is 5.92. The Hall–Kier alpha value is -1.28. The number of rotatable bonds is 0. The van der Waals surface area contributed by atoms with E-state index >= 15 is 0 Å². The van der Waals surface area contributed by atoms with E-state index in [2.05, 4.69) is 12.2 Å². The molecule has 1 atom stereocenters. The fraction of sp³-hybridized carbons (Fsp3) is 0.200. The lowest BCUT2D eigenvalue weighted by Gasteiger charge is -2.19. The summed E-state index contributed by atoms with van der Waals surface area (Å²) in [5.41, 5.74) is 14.8. The topological polar surface area (TPSA) is 52.0 Å². The first-order valence-electron chi connectivity index (χ1n) is 4.09. The quantitative estimate of drug-likeness (QED) is 0.567. The molecule has 2 nitrogen and oxygen atoms in total. The third-order valence-electron chi connectivity index (χ3n) is 2.23. The van der Waals surface area contributed by atoms with Crippen LogP contribution in [0.5, 0.6) is 0 Å².